The number of hydrogen-bond donors (Lipinski definition) is 0. The van der Waals surface area contributed by atoms with E-state index in [2.05, 4.69) is 4.74 Å². The molecule has 0 aliphatic heterocycles. The summed E-state index contributed by atoms with van der Waals surface area (Å²) < 4.78 is 44.2. The zero-order valence-corrected chi connectivity index (χ0v) is 7.75. The molecule has 0 radical (unpaired) electrons. The molecule has 1 heterocycles. The summed E-state index contributed by atoms with van der Waals surface area (Å²) >= 11 is 0. The fourth-order valence-electron chi connectivity index (χ4n) is 1.25. The van der Waals surface area contributed by atoms with E-state index >= 15 is 0 Å². The van der Waals surface area contributed by atoms with Crippen molar-refractivity contribution in [2.45, 2.75) is 6.36 Å². The molecule has 0 saturated carbocycles. The molecule has 16 heavy (non-hydrogen) atoms. The van der Waals surface area contributed by atoms with Gasteiger partial charge in [0.2, 0.25) is 0 Å². The Morgan fingerprint density at radius 1 is 1.12 bits per heavy atom. The van der Waals surface area contributed by atoms with Crippen LogP contribution < -0.4 is 10.4 Å². The first-order valence-corrected chi connectivity index (χ1v) is 4.24. The van der Waals surface area contributed by atoms with Gasteiger partial charge in [-0.05, 0) is 24.3 Å². The van der Waals surface area contributed by atoms with Gasteiger partial charge >= 0.3 is 12.0 Å². The summed E-state index contributed by atoms with van der Waals surface area (Å²) in [6, 6.07) is 5.96. The number of ether oxygens (including phenoxy) is 1. The molecule has 1 aromatic carbocycles. The Hall–Kier alpha value is -1.98. The van der Waals surface area contributed by atoms with Gasteiger partial charge in [-0.3, -0.25) is 0 Å². The summed E-state index contributed by atoms with van der Waals surface area (Å²) in [4.78, 5) is 10.8. The Bertz CT molecular complexity index is 571. The van der Waals surface area contributed by atoms with Crippen molar-refractivity contribution in [2.75, 3.05) is 0 Å². The van der Waals surface area contributed by atoms with Crippen molar-refractivity contribution in [1.29, 1.82) is 0 Å². The molecule has 0 aliphatic rings. The Labute approximate surface area is 87.1 Å². The molecule has 3 nitrogen and oxygen atoms in total. The molecule has 84 valence electrons. The summed E-state index contributed by atoms with van der Waals surface area (Å²) in [6.45, 7) is 0. The van der Waals surface area contributed by atoms with Crippen LogP contribution in [-0.2, 0) is 0 Å². The van der Waals surface area contributed by atoms with Gasteiger partial charge < -0.3 is 9.15 Å². The molecule has 1 aromatic heterocycles. The summed E-state index contributed by atoms with van der Waals surface area (Å²) in [5.74, 6) is -0.353. The highest BCUT2D eigenvalue weighted by molar-refractivity contribution is 5.77. The molecule has 2 rings (SSSR count). The molecule has 6 heteroatoms. The average molecular weight is 230 g/mol. The van der Waals surface area contributed by atoms with Gasteiger partial charge in [0, 0.05) is 11.5 Å². The van der Waals surface area contributed by atoms with E-state index in [1.54, 1.807) is 0 Å². The van der Waals surface area contributed by atoms with Gasteiger partial charge in [0.25, 0.3) is 0 Å². The van der Waals surface area contributed by atoms with Crippen LogP contribution in [0, 0.1) is 0 Å². The van der Waals surface area contributed by atoms with E-state index in [0.717, 1.165) is 18.2 Å². The third-order valence-electron chi connectivity index (χ3n) is 1.82. The van der Waals surface area contributed by atoms with Crippen LogP contribution in [0.25, 0.3) is 11.0 Å². The van der Waals surface area contributed by atoms with Crippen LogP contribution in [-0.4, -0.2) is 6.36 Å². The van der Waals surface area contributed by atoms with Crippen LogP contribution in [0.3, 0.4) is 0 Å². The molecule has 2 aromatic rings. The molecule has 0 saturated heterocycles. The van der Waals surface area contributed by atoms with Gasteiger partial charge in [-0.15, -0.1) is 13.2 Å². The normalized spacial score (nSPS) is 11.7. The Morgan fingerprint density at radius 3 is 2.56 bits per heavy atom. The molecule has 0 fully saturated rings. The first kappa shape index (κ1) is 10.5. The third kappa shape index (κ3) is 2.33. The highest BCUT2D eigenvalue weighted by atomic mass is 19.4. The van der Waals surface area contributed by atoms with Crippen LogP contribution >= 0.6 is 0 Å². The highest BCUT2D eigenvalue weighted by Crippen LogP contribution is 2.25. The van der Waals surface area contributed by atoms with E-state index in [-0.39, 0.29) is 11.3 Å². The lowest BCUT2D eigenvalue weighted by molar-refractivity contribution is -0.274. The Balaban J connectivity index is 2.45. The molecular weight excluding hydrogens is 225 g/mol. The monoisotopic (exact) mass is 230 g/mol. The third-order valence-corrected chi connectivity index (χ3v) is 1.82. The predicted octanol–water partition coefficient (Wildman–Crippen LogP) is 2.69. The lowest BCUT2D eigenvalue weighted by atomic mass is 10.2. The minimum absolute atomic E-state index is 0.210. The molecule has 0 N–H and O–H groups in total. The molecule has 0 aliphatic carbocycles. The quantitative estimate of drug-likeness (QED) is 0.707. The summed E-state index contributed by atoms with van der Waals surface area (Å²) in [6.07, 6.45) is -4.73. The number of rotatable bonds is 1. The zero-order chi connectivity index (χ0) is 11.8. The van der Waals surface area contributed by atoms with Crippen LogP contribution in [0.2, 0.25) is 0 Å². The SMILES string of the molecule is O=c1ccc2cc(OC(F)(F)F)ccc2o1. The van der Waals surface area contributed by atoms with Crippen molar-refractivity contribution in [3.63, 3.8) is 0 Å². The minimum atomic E-state index is -4.73. The zero-order valence-electron chi connectivity index (χ0n) is 7.75. The maximum atomic E-state index is 11.9. The second kappa shape index (κ2) is 3.55. The summed E-state index contributed by atoms with van der Waals surface area (Å²) in [5, 5.41) is 0.362. The molecule has 0 unspecified atom stereocenters. The van der Waals surface area contributed by atoms with Crippen molar-refractivity contribution < 1.29 is 22.3 Å². The van der Waals surface area contributed by atoms with E-state index in [1.165, 1.54) is 12.1 Å². The molecule has 0 atom stereocenters. The van der Waals surface area contributed by atoms with Crippen LogP contribution in [0.1, 0.15) is 0 Å². The van der Waals surface area contributed by atoms with Gasteiger partial charge in [0.1, 0.15) is 11.3 Å². The van der Waals surface area contributed by atoms with E-state index in [0.29, 0.717) is 5.39 Å². The molecule has 0 amide bonds. The van der Waals surface area contributed by atoms with Gasteiger partial charge in [-0.2, -0.15) is 0 Å². The largest absolute Gasteiger partial charge is 0.573 e. The van der Waals surface area contributed by atoms with E-state index < -0.39 is 12.0 Å². The van der Waals surface area contributed by atoms with Crippen molar-refractivity contribution in [3.8, 4) is 5.75 Å². The molecular formula is C10H5F3O3. The summed E-state index contributed by atoms with van der Waals surface area (Å²) in [5.41, 5.74) is -0.348. The Kier molecular flexibility index (Phi) is 2.34. The van der Waals surface area contributed by atoms with Gasteiger partial charge in [-0.1, -0.05) is 0 Å². The standard InChI is InChI=1S/C10H5F3O3/c11-10(12,13)16-7-2-3-8-6(5-7)1-4-9(14)15-8/h1-5H. The van der Waals surface area contributed by atoms with Gasteiger partial charge in [-0.25, -0.2) is 4.79 Å². The van der Waals surface area contributed by atoms with Gasteiger partial charge in [0.05, 0.1) is 0 Å². The van der Waals surface area contributed by atoms with E-state index in [4.69, 9.17) is 4.42 Å². The average Bonchev–Trinajstić information content (AvgIpc) is 2.16. The number of fused-ring (bicyclic) bond motifs is 1. The lowest BCUT2D eigenvalue weighted by Crippen LogP contribution is -2.17. The fraction of sp³-hybridized carbons (Fsp3) is 0.100. The number of alkyl halides is 3. The number of hydrogen-bond acceptors (Lipinski definition) is 3. The predicted molar refractivity (Wildman–Crippen MR) is 49.2 cm³/mol. The second-order valence-corrected chi connectivity index (χ2v) is 3.00. The first-order chi connectivity index (χ1) is 7.44. The topological polar surface area (TPSA) is 39.4 Å². The maximum absolute atomic E-state index is 11.9. The summed E-state index contributed by atoms with van der Waals surface area (Å²) in [7, 11) is 0. The number of benzene rings is 1. The fourth-order valence-corrected chi connectivity index (χ4v) is 1.25. The first-order valence-electron chi connectivity index (χ1n) is 4.24. The maximum Gasteiger partial charge on any atom is 0.573 e. The van der Waals surface area contributed by atoms with Crippen molar-refractivity contribution in [1.82, 2.24) is 0 Å². The molecule has 0 bridgehead atoms. The second-order valence-electron chi connectivity index (χ2n) is 3.00. The van der Waals surface area contributed by atoms with Crippen molar-refractivity contribution in [3.05, 3.63) is 40.8 Å². The minimum Gasteiger partial charge on any atom is -0.423 e. The van der Waals surface area contributed by atoms with Crippen LogP contribution in [0.4, 0.5) is 13.2 Å². The van der Waals surface area contributed by atoms with E-state index in [1.807, 2.05) is 0 Å². The Morgan fingerprint density at radius 2 is 1.88 bits per heavy atom. The number of halogens is 3. The van der Waals surface area contributed by atoms with E-state index in [9.17, 15) is 18.0 Å². The van der Waals surface area contributed by atoms with Crippen molar-refractivity contribution >= 4 is 11.0 Å². The van der Waals surface area contributed by atoms with Gasteiger partial charge in [0.15, 0.2) is 0 Å². The lowest BCUT2D eigenvalue weighted by Gasteiger charge is -2.08. The highest BCUT2D eigenvalue weighted by Gasteiger charge is 2.31. The van der Waals surface area contributed by atoms with Crippen molar-refractivity contribution in [2.24, 2.45) is 0 Å². The van der Waals surface area contributed by atoms with Crippen LogP contribution in [0.15, 0.2) is 39.5 Å². The smallest absolute Gasteiger partial charge is 0.423 e. The molecule has 0 spiro atoms. The van der Waals surface area contributed by atoms with Crippen LogP contribution in [0.5, 0.6) is 5.75 Å².